The number of carbonyl (C=O) groups excluding carboxylic acids is 1. The van der Waals surface area contributed by atoms with Crippen LogP contribution in [0.1, 0.15) is 6.92 Å². The molecule has 1 aliphatic rings. The minimum atomic E-state index is -0.349. The van der Waals surface area contributed by atoms with Crippen molar-refractivity contribution in [2.45, 2.75) is 13.0 Å². The van der Waals surface area contributed by atoms with E-state index < -0.39 is 0 Å². The smallest absolute Gasteiger partial charge is 0.337 e. The normalized spacial score (nSPS) is 25.2. The molecule has 0 bridgehead atoms. The van der Waals surface area contributed by atoms with E-state index in [-0.39, 0.29) is 12.0 Å². The van der Waals surface area contributed by atoms with Crippen LogP contribution in [0.5, 0.6) is 0 Å². The monoisotopic (exact) mass is 125 g/mol. The van der Waals surface area contributed by atoms with Crippen LogP contribution < -0.4 is 0 Å². The lowest BCUT2D eigenvalue weighted by atomic mass is 10.4. The predicted molar refractivity (Wildman–Crippen MR) is 33.2 cm³/mol. The van der Waals surface area contributed by atoms with Crippen LogP contribution >= 0.6 is 0 Å². The van der Waals surface area contributed by atoms with Crippen molar-refractivity contribution in [2.75, 3.05) is 0 Å². The zero-order valence-corrected chi connectivity index (χ0v) is 5.13. The second kappa shape index (κ2) is 2.01. The lowest BCUT2D eigenvalue weighted by Gasteiger charge is -1.89. The molecule has 0 N–H and O–H groups in total. The molecule has 0 amide bonds. The van der Waals surface area contributed by atoms with Crippen molar-refractivity contribution in [2.24, 2.45) is 4.99 Å². The fourth-order valence-corrected chi connectivity index (χ4v) is 0.553. The second-order valence-corrected chi connectivity index (χ2v) is 1.77. The Morgan fingerprint density at radius 2 is 2.56 bits per heavy atom. The summed E-state index contributed by atoms with van der Waals surface area (Å²) < 4.78 is 4.62. The van der Waals surface area contributed by atoms with E-state index in [1.165, 1.54) is 6.08 Å². The fourth-order valence-electron chi connectivity index (χ4n) is 0.553. The lowest BCUT2D eigenvalue weighted by molar-refractivity contribution is -0.134. The van der Waals surface area contributed by atoms with Gasteiger partial charge in [-0.1, -0.05) is 6.58 Å². The van der Waals surface area contributed by atoms with Gasteiger partial charge in [0.2, 0.25) is 5.90 Å². The number of hydrogen-bond acceptors (Lipinski definition) is 3. The van der Waals surface area contributed by atoms with Crippen molar-refractivity contribution < 1.29 is 9.53 Å². The first kappa shape index (κ1) is 6.01. The van der Waals surface area contributed by atoms with Gasteiger partial charge >= 0.3 is 5.97 Å². The van der Waals surface area contributed by atoms with Crippen molar-refractivity contribution in [3.8, 4) is 0 Å². The highest BCUT2D eigenvalue weighted by Gasteiger charge is 2.21. The SMILES string of the molecule is C=CC1=NC(C)C(=O)O1. The van der Waals surface area contributed by atoms with Crippen LogP contribution in [-0.4, -0.2) is 17.9 Å². The van der Waals surface area contributed by atoms with Crippen LogP contribution in [0.15, 0.2) is 17.6 Å². The third-order valence-electron chi connectivity index (χ3n) is 1.04. The van der Waals surface area contributed by atoms with Gasteiger partial charge in [-0.3, -0.25) is 0 Å². The number of aliphatic imine (C=N–C) groups is 1. The summed E-state index contributed by atoms with van der Waals surface area (Å²) in [6.45, 7) is 5.08. The molecule has 0 aromatic heterocycles. The van der Waals surface area contributed by atoms with Crippen LogP contribution in [0.3, 0.4) is 0 Å². The summed E-state index contributed by atoms with van der Waals surface area (Å²) in [6.07, 6.45) is 1.42. The second-order valence-electron chi connectivity index (χ2n) is 1.77. The number of nitrogens with zero attached hydrogens (tertiary/aromatic N) is 1. The van der Waals surface area contributed by atoms with E-state index in [9.17, 15) is 4.79 Å². The molecule has 0 saturated carbocycles. The van der Waals surface area contributed by atoms with E-state index in [4.69, 9.17) is 0 Å². The molecular weight excluding hydrogens is 118 g/mol. The molecule has 1 unspecified atom stereocenters. The summed E-state index contributed by atoms with van der Waals surface area (Å²) in [7, 11) is 0. The zero-order chi connectivity index (χ0) is 6.85. The maximum atomic E-state index is 10.6. The number of cyclic esters (lactones) is 1. The minimum absolute atomic E-state index is 0.301. The highest BCUT2D eigenvalue weighted by Crippen LogP contribution is 2.04. The average Bonchev–Trinajstić information content (AvgIpc) is 2.13. The molecular formula is C6H7NO2. The first-order valence-corrected chi connectivity index (χ1v) is 2.66. The van der Waals surface area contributed by atoms with Gasteiger partial charge in [-0.15, -0.1) is 0 Å². The van der Waals surface area contributed by atoms with Gasteiger partial charge < -0.3 is 4.74 Å². The third kappa shape index (κ3) is 0.988. The largest absolute Gasteiger partial charge is 0.406 e. The van der Waals surface area contributed by atoms with Gasteiger partial charge in [0.05, 0.1) is 0 Å². The molecule has 1 heterocycles. The van der Waals surface area contributed by atoms with Crippen LogP contribution in [0, 0.1) is 0 Å². The molecule has 1 aliphatic heterocycles. The number of ether oxygens (including phenoxy) is 1. The molecule has 1 atom stereocenters. The molecule has 0 aliphatic carbocycles. The summed E-state index contributed by atoms with van der Waals surface area (Å²) in [6, 6.07) is -0.349. The molecule has 1 rings (SSSR count). The topological polar surface area (TPSA) is 38.7 Å². The Balaban J connectivity index is 2.73. The number of rotatable bonds is 1. The van der Waals surface area contributed by atoms with E-state index >= 15 is 0 Å². The molecule has 48 valence electrons. The van der Waals surface area contributed by atoms with Crippen LogP contribution in [-0.2, 0) is 9.53 Å². The van der Waals surface area contributed by atoms with Crippen molar-refractivity contribution in [1.29, 1.82) is 0 Å². The van der Waals surface area contributed by atoms with Crippen molar-refractivity contribution >= 4 is 11.9 Å². The van der Waals surface area contributed by atoms with E-state index in [0.717, 1.165) is 0 Å². The minimum Gasteiger partial charge on any atom is -0.406 e. The lowest BCUT2D eigenvalue weighted by Crippen LogP contribution is -2.09. The predicted octanol–water partition coefficient (Wildman–Crippen LogP) is 0.516. The fraction of sp³-hybridized carbons (Fsp3) is 0.333. The Morgan fingerprint density at radius 1 is 1.89 bits per heavy atom. The van der Waals surface area contributed by atoms with E-state index in [1.807, 2.05) is 0 Å². The average molecular weight is 125 g/mol. The van der Waals surface area contributed by atoms with Gasteiger partial charge in [0.15, 0.2) is 0 Å². The van der Waals surface area contributed by atoms with E-state index in [2.05, 4.69) is 16.3 Å². The summed E-state index contributed by atoms with van der Waals surface area (Å²) in [5, 5.41) is 0. The van der Waals surface area contributed by atoms with Crippen molar-refractivity contribution in [3.63, 3.8) is 0 Å². The Labute approximate surface area is 53.0 Å². The van der Waals surface area contributed by atoms with Gasteiger partial charge in [-0.05, 0) is 13.0 Å². The number of hydrogen-bond donors (Lipinski definition) is 0. The molecule has 9 heavy (non-hydrogen) atoms. The summed E-state index contributed by atoms with van der Waals surface area (Å²) in [4.78, 5) is 14.4. The summed E-state index contributed by atoms with van der Waals surface area (Å²) in [5.41, 5.74) is 0. The molecule has 0 spiro atoms. The van der Waals surface area contributed by atoms with E-state index in [1.54, 1.807) is 6.92 Å². The highest BCUT2D eigenvalue weighted by molar-refractivity contribution is 6.02. The van der Waals surface area contributed by atoms with Crippen LogP contribution in [0.4, 0.5) is 0 Å². The van der Waals surface area contributed by atoms with Crippen LogP contribution in [0.25, 0.3) is 0 Å². The maximum Gasteiger partial charge on any atom is 0.337 e. The van der Waals surface area contributed by atoms with Gasteiger partial charge in [0.1, 0.15) is 6.04 Å². The molecule has 0 aromatic rings. The Kier molecular flexibility index (Phi) is 1.34. The summed E-state index contributed by atoms with van der Waals surface area (Å²) >= 11 is 0. The van der Waals surface area contributed by atoms with Gasteiger partial charge in [0, 0.05) is 0 Å². The quantitative estimate of drug-likeness (QED) is 0.479. The maximum absolute atomic E-state index is 10.6. The van der Waals surface area contributed by atoms with Gasteiger partial charge in [-0.25, -0.2) is 9.79 Å². The molecule has 0 aromatic carbocycles. The van der Waals surface area contributed by atoms with E-state index in [0.29, 0.717) is 5.90 Å². The standard InChI is InChI=1S/C6H7NO2/c1-3-5-7-4(2)6(8)9-5/h3-4H,1H2,2H3. The molecule has 3 nitrogen and oxygen atoms in total. The highest BCUT2D eigenvalue weighted by atomic mass is 16.6. The summed E-state index contributed by atoms with van der Waals surface area (Å²) in [5.74, 6) is 0.0254. The number of esters is 1. The molecule has 3 heteroatoms. The van der Waals surface area contributed by atoms with Crippen LogP contribution in [0.2, 0.25) is 0 Å². The first-order chi connectivity index (χ1) is 4.24. The third-order valence-corrected chi connectivity index (χ3v) is 1.04. The molecule has 0 saturated heterocycles. The number of carbonyl (C=O) groups is 1. The Hall–Kier alpha value is -1.12. The van der Waals surface area contributed by atoms with Crippen molar-refractivity contribution in [1.82, 2.24) is 0 Å². The Morgan fingerprint density at radius 3 is 2.78 bits per heavy atom. The molecule has 0 radical (unpaired) electrons. The van der Waals surface area contributed by atoms with Gasteiger partial charge in [-0.2, -0.15) is 0 Å². The van der Waals surface area contributed by atoms with Crippen molar-refractivity contribution in [3.05, 3.63) is 12.7 Å². The van der Waals surface area contributed by atoms with Gasteiger partial charge in [0.25, 0.3) is 0 Å². The first-order valence-electron chi connectivity index (χ1n) is 2.66. The zero-order valence-electron chi connectivity index (χ0n) is 5.13. The molecule has 0 fully saturated rings. The Bertz CT molecular complexity index is 183.